The van der Waals surface area contributed by atoms with E-state index in [1.165, 1.54) is 38.7 Å². The molecule has 0 spiro atoms. The summed E-state index contributed by atoms with van der Waals surface area (Å²) in [6, 6.07) is 8.09. The van der Waals surface area contributed by atoms with Crippen LogP contribution >= 0.6 is 11.6 Å². The number of amides is 1. The zero-order chi connectivity index (χ0) is 28.9. The second kappa shape index (κ2) is 12.6. The van der Waals surface area contributed by atoms with E-state index in [2.05, 4.69) is 37.0 Å². The van der Waals surface area contributed by atoms with Crippen LogP contribution in [0.1, 0.15) is 12.5 Å². The van der Waals surface area contributed by atoms with Crippen LogP contribution in [0.5, 0.6) is 17.2 Å². The molecule has 2 aromatic heterocycles. The topological polar surface area (TPSA) is 102 Å². The predicted molar refractivity (Wildman–Crippen MR) is 154 cm³/mol. The van der Waals surface area contributed by atoms with E-state index in [1.54, 1.807) is 18.3 Å². The molecule has 1 saturated heterocycles. The van der Waals surface area contributed by atoms with E-state index >= 15 is 4.39 Å². The average Bonchev–Trinajstić information content (AvgIpc) is 2.99. The summed E-state index contributed by atoms with van der Waals surface area (Å²) in [5.41, 5.74) is 1.93. The van der Waals surface area contributed by atoms with Gasteiger partial charge in [-0.3, -0.25) is 15.2 Å². The minimum atomic E-state index is -0.757. The van der Waals surface area contributed by atoms with Gasteiger partial charge in [-0.2, -0.15) is 0 Å². The van der Waals surface area contributed by atoms with Gasteiger partial charge in [-0.05, 0) is 30.3 Å². The molecule has 214 valence electrons. The number of piperazine rings is 1. The van der Waals surface area contributed by atoms with Crippen LogP contribution in [0.2, 0.25) is 5.02 Å². The molecular formula is C29H30ClFN6O4. The van der Waals surface area contributed by atoms with Gasteiger partial charge in [0.2, 0.25) is 0 Å². The summed E-state index contributed by atoms with van der Waals surface area (Å²) in [6.07, 6.45) is 3.89. The first-order valence-corrected chi connectivity index (χ1v) is 13.5. The Balaban J connectivity index is 1.33. The Morgan fingerprint density at radius 1 is 0.951 bits per heavy atom. The summed E-state index contributed by atoms with van der Waals surface area (Å²) in [6.45, 7) is 8.20. The van der Waals surface area contributed by atoms with Crippen molar-refractivity contribution in [1.29, 1.82) is 0 Å². The Bertz CT molecular complexity index is 1520. The molecule has 0 aliphatic carbocycles. The fraction of sp³-hybridized carbons (Fsp3) is 0.310. The van der Waals surface area contributed by atoms with Crippen LogP contribution in [-0.4, -0.2) is 77.8 Å². The van der Waals surface area contributed by atoms with Crippen LogP contribution in [0, 0.1) is 5.82 Å². The van der Waals surface area contributed by atoms with Crippen molar-refractivity contribution < 1.29 is 23.4 Å². The maximum absolute atomic E-state index is 15.4. The quantitative estimate of drug-likeness (QED) is 0.299. The van der Waals surface area contributed by atoms with Crippen molar-refractivity contribution in [1.82, 2.24) is 24.8 Å². The molecule has 1 amide bonds. The summed E-state index contributed by atoms with van der Waals surface area (Å²) in [5.74, 6) is -0.0262. The SMILES string of the molecule is CCN1CCN(Cc2ccc(NC(=O)Oc3ccc(-c4c(F)c(OC)cc(OC)c4Cl)c4nccnc34)nc2)CC1. The fourth-order valence-corrected chi connectivity index (χ4v) is 5.10. The number of likely N-dealkylation sites (N-methyl/N-ethyl adjacent to an activating group) is 1. The van der Waals surface area contributed by atoms with Crippen molar-refractivity contribution >= 4 is 34.5 Å². The number of hydrogen-bond acceptors (Lipinski definition) is 9. The molecule has 12 heteroatoms. The number of benzene rings is 2. The molecule has 10 nitrogen and oxygen atoms in total. The predicted octanol–water partition coefficient (Wildman–Crippen LogP) is 5.25. The van der Waals surface area contributed by atoms with Crippen molar-refractivity contribution in [3.05, 3.63) is 65.3 Å². The molecule has 1 N–H and O–H groups in total. The van der Waals surface area contributed by atoms with Gasteiger partial charge >= 0.3 is 6.09 Å². The molecule has 3 heterocycles. The minimum Gasteiger partial charge on any atom is -0.495 e. The van der Waals surface area contributed by atoms with Crippen molar-refractivity contribution in [3.63, 3.8) is 0 Å². The number of hydrogen-bond donors (Lipinski definition) is 1. The van der Waals surface area contributed by atoms with Crippen LogP contribution in [0.4, 0.5) is 15.0 Å². The Kier molecular flexibility index (Phi) is 8.77. The van der Waals surface area contributed by atoms with E-state index in [9.17, 15) is 4.79 Å². The lowest BCUT2D eigenvalue weighted by atomic mass is 10.0. The van der Waals surface area contributed by atoms with Crippen LogP contribution in [0.3, 0.4) is 0 Å². The second-order valence-corrected chi connectivity index (χ2v) is 9.80. The van der Waals surface area contributed by atoms with Crippen LogP contribution in [-0.2, 0) is 6.54 Å². The molecule has 1 fully saturated rings. The third kappa shape index (κ3) is 6.17. The molecule has 1 aliphatic heterocycles. The van der Waals surface area contributed by atoms with Crippen molar-refractivity contribution in [2.24, 2.45) is 0 Å². The van der Waals surface area contributed by atoms with E-state index in [0.717, 1.165) is 44.8 Å². The molecule has 1 aliphatic rings. The van der Waals surface area contributed by atoms with E-state index < -0.39 is 11.9 Å². The molecule has 2 aromatic carbocycles. The highest BCUT2D eigenvalue weighted by Gasteiger charge is 2.24. The van der Waals surface area contributed by atoms with Gasteiger partial charge in [-0.15, -0.1) is 0 Å². The number of methoxy groups -OCH3 is 2. The van der Waals surface area contributed by atoms with Crippen molar-refractivity contribution in [2.45, 2.75) is 13.5 Å². The molecular weight excluding hydrogens is 551 g/mol. The van der Waals surface area contributed by atoms with E-state index in [4.69, 9.17) is 25.8 Å². The van der Waals surface area contributed by atoms with Crippen molar-refractivity contribution in [2.75, 3.05) is 52.3 Å². The van der Waals surface area contributed by atoms with Gasteiger partial charge in [0.1, 0.15) is 22.6 Å². The number of fused-ring (bicyclic) bond motifs is 1. The van der Waals surface area contributed by atoms with Crippen molar-refractivity contribution in [3.8, 4) is 28.4 Å². The number of nitrogens with zero attached hydrogens (tertiary/aromatic N) is 5. The first kappa shape index (κ1) is 28.5. The average molecular weight is 581 g/mol. The molecule has 0 saturated carbocycles. The number of anilines is 1. The molecule has 0 atom stereocenters. The third-order valence-corrected chi connectivity index (χ3v) is 7.38. The number of halogens is 2. The van der Waals surface area contributed by atoms with Gasteiger partial charge in [-0.1, -0.05) is 24.6 Å². The monoisotopic (exact) mass is 580 g/mol. The number of carbonyl (C=O) groups is 1. The molecule has 0 radical (unpaired) electrons. The maximum Gasteiger partial charge on any atom is 0.418 e. The number of carbonyl (C=O) groups excluding carboxylic acids is 1. The first-order chi connectivity index (χ1) is 19.9. The highest BCUT2D eigenvalue weighted by atomic mass is 35.5. The molecule has 41 heavy (non-hydrogen) atoms. The lowest BCUT2D eigenvalue weighted by Crippen LogP contribution is -2.45. The number of pyridine rings is 1. The number of rotatable bonds is 8. The van der Waals surface area contributed by atoms with Gasteiger partial charge in [-0.25, -0.2) is 19.2 Å². The third-order valence-electron chi connectivity index (χ3n) is 7.01. The summed E-state index contributed by atoms with van der Waals surface area (Å²) >= 11 is 6.49. The summed E-state index contributed by atoms with van der Waals surface area (Å²) in [5, 5.41) is 2.68. The summed E-state index contributed by atoms with van der Waals surface area (Å²) < 4.78 is 31.4. The lowest BCUT2D eigenvalue weighted by molar-refractivity contribution is 0.132. The Morgan fingerprint density at radius 3 is 2.32 bits per heavy atom. The highest BCUT2D eigenvalue weighted by molar-refractivity contribution is 6.35. The normalized spacial score (nSPS) is 14.2. The van der Waals surface area contributed by atoms with Gasteiger partial charge in [0.15, 0.2) is 17.3 Å². The first-order valence-electron chi connectivity index (χ1n) is 13.1. The number of nitrogens with one attached hydrogen (secondary N) is 1. The molecule has 5 rings (SSSR count). The van der Waals surface area contributed by atoms with Gasteiger partial charge < -0.3 is 19.1 Å². The Hall–Kier alpha value is -4.06. The minimum absolute atomic E-state index is 0.0286. The standard InChI is InChI=1S/C29H30ClFN6O4/c1-4-36-11-13-37(14-12-36)17-18-5-8-23(34-16-18)35-29(38)41-20-7-6-19(27-28(20)33-10-9-32-27)24-25(30)21(39-2)15-22(40-3)26(24)31/h5-10,15-16H,4,11-14,17H2,1-3H3,(H,34,35,38). The van der Waals surface area contributed by atoms with E-state index in [-0.39, 0.29) is 38.9 Å². The Labute approximate surface area is 242 Å². The lowest BCUT2D eigenvalue weighted by Gasteiger charge is -2.33. The van der Waals surface area contributed by atoms with Crippen LogP contribution in [0.25, 0.3) is 22.2 Å². The largest absolute Gasteiger partial charge is 0.495 e. The zero-order valence-corrected chi connectivity index (χ0v) is 23.7. The second-order valence-electron chi connectivity index (χ2n) is 9.43. The summed E-state index contributed by atoms with van der Waals surface area (Å²) in [4.78, 5) is 30.7. The molecule has 0 unspecified atom stereocenters. The van der Waals surface area contributed by atoms with E-state index in [1.807, 2.05) is 6.07 Å². The zero-order valence-electron chi connectivity index (χ0n) is 23.0. The number of ether oxygens (including phenoxy) is 3. The molecule has 4 aromatic rings. The maximum atomic E-state index is 15.4. The Morgan fingerprint density at radius 2 is 1.66 bits per heavy atom. The van der Waals surface area contributed by atoms with Crippen LogP contribution in [0.15, 0.2) is 48.9 Å². The van der Waals surface area contributed by atoms with E-state index in [0.29, 0.717) is 11.4 Å². The smallest absolute Gasteiger partial charge is 0.418 e. The molecule has 0 bridgehead atoms. The van der Waals surface area contributed by atoms with Crippen LogP contribution < -0.4 is 19.5 Å². The fourth-order valence-electron chi connectivity index (χ4n) is 4.78. The number of aromatic nitrogens is 3. The highest BCUT2D eigenvalue weighted by Crippen LogP contribution is 2.44. The summed E-state index contributed by atoms with van der Waals surface area (Å²) in [7, 11) is 2.77. The van der Waals surface area contributed by atoms with Gasteiger partial charge in [0.05, 0.1) is 19.2 Å². The van der Waals surface area contributed by atoms with Gasteiger partial charge in [0.25, 0.3) is 0 Å². The van der Waals surface area contributed by atoms with Gasteiger partial charge in [0, 0.05) is 68.5 Å².